The number of unbranched alkanes of at least 4 members (excludes halogenated alkanes) is 1. The van der Waals surface area contributed by atoms with E-state index in [1.807, 2.05) is 0 Å². The van der Waals surface area contributed by atoms with E-state index < -0.39 is 4.92 Å². The summed E-state index contributed by atoms with van der Waals surface area (Å²) in [4.78, 5) is 26.2. The second-order valence-corrected chi connectivity index (χ2v) is 4.63. The van der Waals surface area contributed by atoms with Gasteiger partial charge < -0.3 is 11.1 Å². The number of nitrogens with one attached hydrogen (secondary N) is 1. The number of hydrogen-bond acceptors (Lipinski definition) is 5. The number of pyridine rings is 1. The topological polar surface area (TPSA) is 111 Å². The summed E-state index contributed by atoms with van der Waals surface area (Å²) >= 11 is 0. The maximum atomic E-state index is 12.1. The van der Waals surface area contributed by atoms with E-state index in [2.05, 4.69) is 17.2 Å². The first-order chi connectivity index (χ1) is 9.49. The van der Waals surface area contributed by atoms with Crippen LogP contribution in [0.15, 0.2) is 12.3 Å². The standard InChI is InChI=1S/C13H20N4O3/c1-3-4-5-10(7-14)16-13(18)12-6-11(17(19)20)8-15-9(12)2/h6,8,10H,3-5,7,14H2,1-2H3,(H,16,18). The van der Waals surface area contributed by atoms with Gasteiger partial charge in [-0.15, -0.1) is 0 Å². The molecule has 1 unspecified atom stereocenters. The highest BCUT2D eigenvalue weighted by molar-refractivity contribution is 5.95. The summed E-state index contributed by atoms with van der Waals surface area (Å²) in [7, 11) is 0. The highest BCUT2D eigenvalue weighted by Gasteiger charge is 2.18. The van der Waals surface area contributed by atoms with Gasteiger partial charge in [-0.3, -0.25) is 19.9 Å². The van der Waals surface area contributed by atoms with Gasteiger partial charge in [0.25, 0.3) is 11.6 Å². The van der Waals surface area contributed by atoms with E-state index in [9.17, 15) is 14.9 Å². The van der Waals surface area contributed by atoms with E-state index in [1.165, 1.54) is 6.07 Å². The lowest BCUT2D eigenvalue weighted by atomic mass is 10.1. The number of aryl methyl sites for hydroxylation is 1. The zero-order chi connectivity index (χ0) is 15.1. The van der Waals surface area contributed by atoms with Crippen LogP contribution in [-0.4, -0.2) is 28.4 Å². The molecule has 3 N–H and O–H groups in total. The number of aromatic nitrogens is 1. The molecule has 0 fully saturated rings. The minimum Gasteiger partial charge on any atom is -0.348 e. The molecule has 7 heteroatoms. The Morgan fingerprint density at radius 3 is 2.85 bits per heavy atom. The predicted octanol–water partition coefficient (Wildman–Crippen LogP) is 1.55. The third-order valence-corrected chi connectivity index (χ3v) is 3.05. The molecule has 0 aliphatic rings. The van der Waals surface area contributed by atoms with Crippen LogP contribution in [0, 0.1) is 17.0 Å². The molecule has 1 aromatic rings. The van der Waals surface area contributed by atoms with Crippen LogP contribution in [-0.2, 0) is 0 Å². The Hall–Kier alpha value is -2.02. The van der Waals surface area contributed by atoms with Gasteiger partial charge in [0.1, 0.15) is 6.20 Å². The maximum Gasteiger partial charge on any atom is 0.288 e. The molecule has 1 aromatic heterocycles. The van der Waals surface area contributed by atoms with Crippen LogP contribution in [0.1, 0.15) is 42.2 Å². The predicted molar refractivity (Wildman–Crippen MR) is 75.5 cm³/mol. The first-order valence-electron chi connectivity index (χ1n) is 6.61. The van der Waals surface area contributed by atoms with E-state index in [0.29, 0.717) is 12.2 Å². The molecule has 1 heterocycles. The molecular weight excluding hydrogens is 260 g/mol. The van der Waals surface area contributed by atoms with Crippen LogP contribution >= 0.6 is 0 Å². The molecule has 1 amide bonds. The molecule has 1 atom stereocenters. The number of hydrogen-bond donors (Lipinski definition) is 2. The smallest absolute Gasteiger partial charge is 0.288 e. The van der Waals surface area contributed by atoms with Crippen LogP contribution in [0.2, 0.25) is 0 Å². The van der Waals surface area contributed by atoms with Crippen molar-refractivity contribution in [3.63, 3.8) is 0 Å². The Kier molecular flexibility index (Phi) is 6.05. The second-order valence-electron chi connectivity index (χ2n) is 4.63. The molecule has 110 valence electrons. The van der Waals surface area contributed by atoms with E-state index in [-0.39, 0.29) is 23.2 Å². The molecule has 0 aliphatic carbocycles. The van der Waals surface area contributed by atoms with Gasteiger partial charge in [0.2, 0.25) is 0 Å². The van der Waals surface area contributed by atoms with Crippen molar-refractivity contribution < 1.29 is 9.72 Å². The van der Waals surface area contributed by atoms with Crippen molar-refractivity contribution in [2.75, 3.05) is 6.54 Å². The molecule has 0 aliphatic heterocycles. The minimum atomic E-state index is -0.569. The molecule has 0 saturated carbocycles. The quantitative estimate of drug-likeness (QED) is 0.581. The summed E-state index contributed by atoms with van der Waals surface area (Å²) in [5.74, 6) is -0.370. The van der Waals surface area contributed by atoms with Crippen LogP contribution in [0.3, 0.4) is 0 Å². The summed E-state index contributed by atoms with van der Waals surface area (Å²) in [6, 6.07) is 1.12. The lowest BCUT2D eigenvalue weighted by Crippen LogP contribution is -2.40. The van der Waals surface area contributed by atoms with E-state index in [1.54, 1.807) is 6.92 Å². The van der Waals surface area contributed by atoms with Crippen LogP contribution < -0.4 is 11.1 Å². The normalized spacial score (nSPS) is 11.9. The Bertz CT molecular complexity index is 491. The summed E-state index contributed by atoms with van der Waals surface area (Å²) in [5, 5.41) is 13.5. The zero-order valence-electron chi connectivity index (χ0n) is 11.8. The Morgan fingerprint density at radius 1 is 1.60 bits per heavy atom. The lowest BCUT2D eigenvalue weighted by molar-refractivity contribution is -0.385. The number of nitrogens with two attached hydrogens (primary N) is 1. The number of amides is 1. The van der Waals surface area contributed by atoms with Crippen molar-refractivity contribution in [2.45, 2.75) is 39.2 Å². The average molecular weight is 280 g/mol. The van der Waals surface area contributed by atoms with Gasteiger partial charge in [0.15, 0.2) is 0 Å². The van der Waals surface area contributed by atoms with Crippen molar-refractivity contribution in [2.24, 2.45) is 5.73 Å². The van der Waals surface area contributed by atoms with Gasteiger partial charge in [-0.25, -0.2) is 0 Å². The highest BCUT2D eigenvalue weighted by Crippen LogP contribution is 2.15. The van der Waals surface area contributed by atoms with Gasteiger partial charge in [-0.05, 0) is 13.3 Å². The first-order valence-corrected chi connectivity index (χ1v) is 6.61. The number of carbonyl (C=O) groups is 1. The Morgan fingerprint density at radius 2 is 2.30 bits per heavy atom. The molecule has 0 radical (unpaired) electrons. The lowest BCUT2D eigenvalue weighted by Gasteiger charge is -2.16. The fourth-order valence-corrected chi connectivity index (χ4v) is 1.81. The third kappa shape index (κ3) is 4.27. The van der Waals surface area contributed by atoms with Crippen molar-refractivity contribution in [1.29, 1.82) is 0 Å². The van der Waals surface area contributed by atoms with E-state index >= 15 is 0 Å². The van der Waals surface area contributed by atoms with Crippen molar-refractivity contribution in [3.8, 4) is 0 Å². The molecule has 0 bridgehead atoms. The van der Waals surface area contributed by atoms with Crippen molar-refractivity contribution in [3.05, 3.63) is 33.6 Å². The fraction of sp³-hybridized carbons (Fsp3) is 0.538. The monoisotopic (exact) mass is 280 g/mol. The summed E-state index contributed by atoms with van der Waals surface area (Å²) in [5.41, 5.74) is 6.10. The van der Waals surface area contributed by atoms with Crippen LogP contribution in [0.5, 0.6) is 0 Å². The Labute approximate surface area is 117 Å². The van der Waals surface area contributed by atoms with Gasteiger partial charge in [-0.2, -0.15) is 0 Å². The maximum absolute atomic E-state index is 12.1. The number of nitrogens with zero attached hydrogens (tertiary/aromatic N) is 2. The van der Waals surface area contributed by atoms with Crippen molar-refractivity contribution >= 4 is 11.6 Å². The molecule has 20 heavy (non-hydrogen) atoms. The van der Waals surface area contributed by atoms with Crippen LogP contribution in [0.4, 0.5) is 5.69 Å². The van der Waals surface area contributed by atoms with Gasteiger partial charge in [0, 0.05) is 18.7 Å². The van der Waals surface area contributed by atoms with Crippen LogP contribution in [0.25, 0.3) is 0 Å². The molecule has 1 rings (SSSR count). The number of carbonyl (C=O) groups excluding carboxylic acids is 1. The van der Waals surface area contributed by atoms with Gasteiger partial charge >= 0.3 is 0 Å². The third-order valence-electron chi connectivity index (χ3n) is 3.05. The fourth-order valence-electron chi connectivity index (χ4n) is 1.81. The summed E-state index contributed by atoms with van der Waals surface area (Å²) in [6.07, 6.45) is 3.92. The largest absolute Gasteiger partial charge is 0.348 e. The number of rotatable bonds is 7. The Balaban J connectivity index is 2.85. The molecular formula is C13H20N4O3. The summed E-state index contributed by atoms with van der Waals surface area (Å²) in [6.45, 7) is 4.04. The first kappa shape index (κ1) is 16.0. The minimum absolute atomic E-state index is 0.124. The van der Waals surface area contributed by atoms with Crippen molar-refractivity contribution in [1.82, 2.24) is 10.3 Å². The molecule has 7 nitrogen and oxygen atoms in total. The zero-order valence-corrected chi connectivity index (χ0v) is 11.8. The molecule has 0 aromatic carbocycles. The average Bonchev–Trinajstić information content (AvgIpc) is 2.43. The molecule has 0 spiro atoms. The second kappa shape index (κ2) is 7.54. The van der Waals surface area contributed by atoms with E-state index in [0.717, 1.165) is 25.5 Å². The molecule has 0 saturated heterocycles. The van der Waals surface area contributed by atoms with E-state index in [4.69, 9.17) is 5.73 Å². The van der Waals surface area contributed by atoms with Gasteiger partial charge in [-0.1, -0.05) is 19.8 Å². The summed E-state index contributed by atoms with van der Waals surface area (Å²) < 4.78 is 0. The SMILES string of the molecule is CCCCC(CN)NC(=O)c1cc([N+](=O)[O-])cnc1C. The number of nitro groups is 1. The van der Waals surface area contributed by atoms with Gasteiger partial charge in [0.05, 0.1) is 16.2 Å². The highest BCUT2D eigenvalue weighted by atomic mass is 16.6.